The van der Waals surface area contributed by atoms with Gasteiger partial charge >= 0.3 is 10.2 Å². The first-order valence-corrected chi connectivity index (χ1v) is 8.60. The van der Waals surface area contributed by atoms with Crippen LogP contribution in [0.15, 0.2) is 58.3 Å². The van der Waals surface area contributed by atoms with Crippen molar-refractivity contribution in [1.29, 1.82) is 0 Å². The number of hydrogen-bond donors (Lipinski definition) is 2. The van der Waals surface area contributed by atoms with E-state index in [4.69, 9.17) is 0 Å². The van der Waals surface area contributed by atoms with Crippen LogP contribution in [0.4, 0.5) is 5.69 Å². The minimum Gasteiger partial charge on any atom is -0.321 e. The van der Waals surface area contributed by atoms with Crippen LogP contribution in [0.3, 0.4) is 0 Å². The van der Waals surface area contributed by atoms with Crippen molar-refractivity contribution in [2.24, 2.45) is 4.40 Å². The average molecular weight is 333 g/mol. The molecule has 2 aromatic rings. The lowest BCUT2D eigenvalue weighted by Crippen LogP contribution is -2.31. The summed E-state index contributed by atoms with van der Waals surface area (Å²) < 4.78 is 29.4. The molecule has 0 bridgehead atoms. The van der Waals surface area contributed by atoms with E-state index < -0.39 is 16.1 Å². The highest BCUT2D eigenvalue weighted by molar-refractivity contribution is 7.88. The SMILES string of the molecule is O=C(Nc1ccccc1)C1=NS(=O)(=O)NC(c2cccs2)=C1. The van der Waals surface area contributed by atoms with Gasteiger partial charge in [0.15, 0.2) is 0 Å². The number of rotatable bonds is 3. The fourth-order valence-corrected chi connectivity index (χ4v) is 3.51. The maximum absolute atomic E-state index is 12.2. The largest absolute Gasteiger partial charge is 0.343 e. The van der Waals surface area contributed by atoms with Crippen molar-refractivity contribution in [3.8, 4) is 0 Å². The summed E-state index contributed by atoms with van der Waals surface area (Å²) >= 11 is 1.37. The van der Waals surface area contributed by atoms with Crippen LogP contribution in [0.1, 0.15) is 4.88 Å². The first-order valence-electron chi connectivity index (χ1n) is 6.28. The second-order valence-corrected chi connectivity index (χ2v) is 6.69. The van der Waals surface area contributed by atoms with Crippen molar-refractivity contribution >= 4 is 44.5 Å². The molecule has 0 aliphatic carbocycles. The zero-order chi connectivity index (χ0) is 15.6. The summed E-state index contributed by atoms with van der Waals surface area (Å²) in [5.41, 5.74) is 0.742. The Morgan fingerprint density at radius 2 is 1.91 bits per heavy atom. The van der Waals surface area contributed by atoms with E-state index in [0.717, 1.165) is 0 Å². The summed E-state index contributed by atoms with van der Waals surface area (Å²) in [5, 5.41) is 4.43. The highest BCUT2D eigenvalue weighted by atomic mass is 32.2. The quantitative estimate of drug-likeness (QED) is 0.901. The standard InChI is InChI=1S/C14H11N3O3S2/c18-14(15-10-5-2-1-3-6-10)12-9-11(13-7-4-8-21-13)16-22(19,20)17-12/h1-9,16H,(H,15,18). The third-order valence-electron chi connectivity index (χ3n) is 2.79. The van der Waals surface area contributed by atoms with E-state index in [2.05, 4.69) is 14.4 Å². The first kappa shape index (κ1) is 14.5. The number of para-hydroxylation sites is 1. The molecule has 0 saturated heterocycles. The number of nitrogens with zero attached hydrogens (tertiary/aromatic N) is 1. The highest BCUT2D eigenvalue weighted by Crippen LogP contribution is 2.21. The van der Waals surface area contributed by atoms with Gasteiger partial charge in [0.25, 0.3) is 5.91 Å². The molecule has 112 valence electrons. The van der Waals surface area contributed by atoms with E-state index >= 15 is 0 Å². The Balaban J connectivity index is 1.91. The zero-order valence-corrected chi connectivity index (χ0v) is 12.8. The first-order chi connectivity index (χ1) is 10.5. The van der Waals surface area contributed by atoms with Crippen LogP contribution in [0.25, 0.3) is 5.70 Å². The van der Waals surface area contributed by atoms with Crippen molar-refractivity contribution in [1.82, 2.24) is 4.72 Å². The molecule has 8 heteroatoms. The van der Waals surface area contributed by atoms with Gasteiger partial charge in [-0.25, -0.2) is 0 Å². The molecule has 0 saturated carbocycles. The summed E-state index contributed by atoms with van der Waals surface area (Å²) in [6.07, 6.45) is 1.42. The summed E-state index contributed by atoms with van der Waals surface area (Å²) in [7, 11) is -3.93. The van der Waals surface area contributed by atoms with Crippen LogP contribution in [-0.2, 0) is 15.0 Å². The van der Waals surface area contributed by atoms with E-state index in [0.29, 0.717) is 16.3 Å². The van der Waals surface area contributed by atoms with Gasteiger partial charge in [0.2, 0.25) is 0 Å². The smallest absolute Gasteiger partial charge is 0.321 e. The van der Waals surface area contributed by atoms with Crippen LogP contribution in [0.5, 0.6) is 0 Å². The maximum atomic E-state index is 12.2. The highest BCUT2D eigenvalue weighted by Gasteiger charge is 2.23. The summed E-state index contributed by atoms with van der Waals surface area (Å²) in [4.78, 5) is 12.9. The molecule has 3 rings (SSSR count). The molecule has 1 amide bonds. The summed E-state index contributed by atoms with van der Waals surface area (Å²) in [6, 6.07) is 12.3. The lowest BCUT2D eigenvalue weighted by Gasteiger charge is -2.14. The lowest BCUT2D eigenvalue weighted by atomic mass is 10.2. The minimum atomic E-state index is -3.93. The van der Waals surface area contributed by atoms with Gasteiger partial charge in [-0.3, -0.25) is 9.52 Å². The van der Waals surface area contributed by atoms with E-state index in [1.165, 1.54) is 17.4 Å². The molecule has 0 spiro atoms. The van der Waals surface area contributed by atoms with Crippen molar-refractivity contribution < 1.29 is 13.2 Å². The van der Waals surface area contributed by atoms with Crippen LogP contribution < -0.4 is 10.0 Å². The third-order valence-corrected chi connectivity index (χ3v) is 4.61. The lowest BCUT2D eigenvalue weighted by molar-refractivity contribution is -0.110. The molecule has 0 unspecified atom stereocenters. The molecular weight excluding hydrogens is 322 g/mol. The van der Waals surface area contributed by atoms with E-state index in [9.17, 15) is 13.2 Å². The van der Waals surface area contributed by atoms with Crippen LogP contribution >= 0.6 is 11.3 Å². The van der Waals surface area contributed by atoms with Gasteiger partial charge in [0.1, 0.15) is 5.71 Å². The van der Waals surface area contributed by atoms with Gasteiger partial charge in [0, 0.05) is 5.69 Å². The van der Waals surface area contributed by atoms with E-state index in [1.54, 1.807) is 36.4 Å². The Kier molecular flexibility index (Phi) is 3.78. The topological polar surface area (TPSA) is 87.6 Å². The molecule has 1 aliphatic rings. The predicted octanol–water partition coefficient (Wildman–Crippen LogP) is 2.02. The fraction of sp³-hybridized carbons (Fsp3) is 0. The molecule has 22 heavy (non-hydrogen) atoms. The molecule has 2 N–H and O–H groups in total. The Labute approximate surface area is 131 Å². The Hall–Kier alpha value is -2.45. The Morgan fingerprint density at radius 1 is 1.14 bits per heavy atom. The van der Waals surface area contributed by atoms with Gasteiger partial charge in [-0.2, -0.15) is 8.42 Å². The molecular formula is C14H11N3O3S2. The maximum Gasteiger partial charge on any atom is 0.343 e. The summed E-state index contributed by atoms with van der Waals surface area (Å²) in [5.74, 6) is -0.578. The fourth-order valence-electron chi connectivity index (χ4n) is 1.86. The average Bonchev–Trinajstić information content (AvgIpc) is 3.01. The van der Waals surface area contributed by atoms with Crippen LogP contribution in [-0.4, -0.2) is 20.0 Å². The molecule has 2 heterocycles. The van der Waals surface area contributed by atoms with E-state index in [-0.39, 0.29) is 5.71 Å². The van der Waals surface area contributed by atoms with Crippen molar-refractivity contribution in [2.45, 2.75) is 0 Å². The number of carbonyl (C=O) groups excluding carboxylic acids is 1. The number of benzene rings is 1. The molecule has 0 radical (unpaired) electrons. The zero-order valence-electron chi connectivity index (χ0n) is 11.2. The second kappa shape index (κ2) is 5.74. The summed E-state index contributed by atoms with van der Waals surface area (Å²) in [6.45, 7) is 0. The minimum absolute atomic E-state index is 0.161. The van der Waals surface area contributed by atoms with Crippen LogP contribution in [0.2, 0.25) is 0 Å². The molecule has 1 aromatic carbocycles. The molecule has 1 aliphatic heterocycles. The predicted molar refractivity (Wildman–Crippen MR) is 86.9 cm³/mol. The molecule has 6 nitrogen and oxygen atoms in total. The van der Waals surface area contributed by atoms with Crippen molar-refractivity contribution in [2.75, 3.05) is 5.32 Å². The Bertz CT molecular complexity index is 854. The molecule has 0 atom stereocenters. The van der Waals surface area contributed by atoms with Gasteiger partial charge in [-0.15, -0.1) is 15.7 Å². The number of carbonyl (C=O) groups is 1. The molecule has 1 aromatic heterocycles. The normalized spacial score (nSPS) is 16.2. The monoisotopic (exact) mass is 333 g/mol. The van der Waals surface area contributed by atoms with Gasteiger partial charge in [0.05, 0.1) is 10.6 Å². The van der Waals surface area contributed by atoms with E-state index in [1.807, 2.05) is 11.4 Å². The second-order valence-electron chi connectivity index (χ2n) is 4.41. The number of amides is 1. The van der Waals surface area contributed by atoms with Gasteiger partial charge in [-0.05, 0) is 29.7 Å². The van der Waals surface area contributed by atoms with Crippen molar-refractivity contribution in [3.05, 3.63) is 58.8 Å². The molecule has 0 fully saturated rings. The number of nitrogens with one attached hydrogen (secondary N) is 2. The van der Waals surface area contributed by atoms with Crippen molar-refractivity contribution in [3.63, 3.8) is 0 Å². The third kappa shape index (κ3) is 3.23. The van der Waals surface area contributed by atoms with Gasteiger partial charge in [-0.1, -0.05) is 24.3 Å². The Morgan fingerprint density at radius 3 is 2.59 bits per heavy atom. The van der Waals surface area contributed by atoms with Gasteiger partial charge < -0.3 is 5.32 Å². The number of hydrogen-bond acceptors (Lipinski definition) is 4. The number of anilines is 1. The number of thiophene rings is 1. The van der Waals surface area contributed by atoms with Crippen LogP contribution in [0, 0.1) is 0 Å².